The fourth-order valence-electron chi connectivity index (χ4n) is 0.494. The van der Waals surface area contributed by atoms with E-state index >= 15 is 0 Å². The molecule has 1 atom stereocenters. The number of hydrogen-bond acceptors (Lipinski definition) is 4. The Balaban J connectivity index is 2.03. The highest BCUT2D eigenvalue weighted by atomic mass is 16.6. The largest absolute Gasteiger partial charge is 0.395 e. The maximum atomic E-state index is 8.34. The third-order valence-electron chi connectivity index (χ3n) is 1.04. The summed E-state index contributed by atoms with van der Waals surface area (Å²) < 4.78 is 4.81. The minimum absolute atomic E-state index is 0.0714. The zero-order valence-electron chi connectivity index (χ0n) is 4.58. The lowest BCUT2D eigenvalue weighted by molar-refractivity contribution is 0.141. The Hall–Kier alpha value is -0.160. The zero-order chi connectivity index (χ0) is 5.98. The van der Waals surface area contributed by atoms with E-state index in [1.165, 1.54) is 5.01 Å². The Kier molecular flexibility index (Phi) is 1.80. The van der Waals surface area contributed by atoms with E-state index < -0.39 is 0 Å². The van der Waals surface area contributed by atoms with Crippen LogP contribution in [0.25, 0.3) is 0 Å². The van der Waals surface area contributed by atoms with Gasteiger partial charge in [0, 0.05) is 6.54 Å². The average Bonchev–Trinajstić information content (AvgIpc) is 2.45. The molecule has 0 aromatic heterocycles. The first-order chi connectivity index (χ1) is 3.84. The van der Waals surface area contributed by atoms with Gasteiger partial charge in [0.25, 0.3) is 0 Å². The molecule has 1 aliphatic rings. The number of aliphatic hydroxyl groups excluding tert-OH is 1. The molecule has 0 spiro atoms. The van der Waals surface area contributed by atoms with Crippen molar-refractivity contribution in [2.24, 2.45) is 5.84 Å². The van der Waals surface area contributed by atoms with Crippen molar-refractivity contribution in [3.8, 4) is 0 Å². The molecule has 4 heteroatoms. The number of nitrogens with zero attached hydrogens (tertiary/aromatic N) is 1. The second-order valence-corrected chi connectivity index (χ2v) is 1.75. The lowest BCUT2D eigenvalue weighted by atomic mass is 10.6. The van der Waals surface area contributed by atoms with E-state index in [2.05, 4.69) is 0 Å². The van der Waals surface area contributed by atoms with E-state index in [4.69, 9.17) is 15.7 Å². The summed E-state index contributed by atoms with van der Waals surface area (Å²) >= 11 is 0. The molecular formula is C4H10N2O2. The molecule has 1 fully saturated rings. The smallest absolute Gasteiger partial charge is 0.146 e. The fraction of sp³-hybridized carbons (Fsp3) is 1.00. The quantitative estimate of drug-likeness (QED) is 0.269. The maximum absolute atomic E-state index is 8.34. The standard InChI is InChI=1S/C4H10N2O2/c5-6(1-2-7)4-3-8-4/h4,7H,1-3,5H2. The van der Waals surface area contributed by atoms with Crippen LogP contribution in [0, 0.1) is 0 Å². The predicted octanol–water partition coefficient (Wildman–Crippen LogP) is -1.49. The second-order valence-electron chi connectivity index (χ2n) is 1.75. The SMILES string of the molecule is NN(CCO)C1CO1. The Bertz CT molecular complexity index is 74.4. The van der Waals surface area contributed by atoms with Crippen molar-refractivity contribution < 1.29 is 9.84 Å². The molecule has 0 amide bonds. The summed E-state index contributed by atoms with van der Waals surface area (Å²) in [6.45, 7) is 1.29. The van der Waals surface area contributed by atoms with Crippen molar-refractivity contribution in [1.29, 1.82) is 0 Å². The Morgan fingerprint density at radius 2 is 2.50 bits per heavy atom. The number of epoxide rings is 1. The normalized spacial score (nSPS) is 26.6. The van der Waals surface area contributed by atoms with Crippen LogP contribution in [-0.2, 0) is 4.74 Å². The molecule has 0 bridgehead atoms. The topological polar surface area (TPSA) is 62.0 Å². The first kappa shape index (κ1) is 5.97. The number of rotatable bonds is 3. The van der Waals surface area contributed by atoms with Crippen molar-refractivity contribution in [2.75, 3.05) is 19.8 Å². The van der Waals surface area contributed by atoms with Crippen LogP contribution in [0.5, 0.6) is 0 Å². The van der Waals surface area contributed by atoms with Crippen molar-refractivity contribution in [2.45, 2.75) is 6.23 Å². The van der Waals surface area contributed by atoms with Crippen LogP contribution >= 0.6 is 0 Å². The van der Waals surface area contributed by atoms with E-state index in [1.807, 2.05) is 0 Å². The minimum Gasteiger partial charge on any atom is -0.395 e. The van der Waals surface area contributed by atoms with Gasteiger partial charge in [-0.2, -0.15) is 0 Å². The van der Waals surface area contributed by atoms with Crippen molar-refractivity contribution in [1.82, 2.24) is 5.01 Å². The minimum atomic E-state index is 0.0714. The third kappa shape index (κ3) is 1.41. The average molecular weight is 118 g/mol. The Morgan fingerprint density at radius 1 is 1.88 bits per heavy atom. The second kappa shape index (κ2) is 2.41. The van der Waals surface area contributed by atoms with Crippen LogP contribution in [0.15, 0.2) is 0 Å². The maximum Gasteiger partial charge on any atom is 0.146 e. The van der Waals surface area contributed by atoms with Gasteiger partial charge in [0.15, 0.2) is 0 Å². The van der Waals surface area contributed by atoms with Gasteiger partial charge in [-0.3, -0.25) is 5.84 Å². The molecule has 0 aromatic carbocycles. The van der Waals surface area contributed by atoms with E-state index in [1.54, 1.807) is 0 Å². The third-order valence-corrected chi connectivity index (χ3v) is 1.04. The first-order valence-electron chi connectivity index (χ1n) is 2.58. The molecule has 8 heavy (non-hydrogen) atoms. The highest BCUT2D eigenvalue weighted by molar-refractivity contribution is 4.65. The molecule has 1 saturated heterocycles. The van der Waals surface area contributed by atoms with Gasteiger partial charge in [0.1, 0.15) is 6.23 Å². The highest BCUT2D eigenvalue weighted by Gasteiger charge is 2.27. The van der Waals surface area contributed by atoms with Crippen LogP contribution in [0.3, 0.4) is 0 Å². The molecular weight excluding hydrogens is 108 g/mol. The molecule has 1 unspecified atom stereocenters. The summed E-state index contributed by atoms with van der Waals surface area (Å²) in [6.07, 6.45) is 0.0714. The Morgan fingerprint density at radius 3 is 2.88 bits per heavy atom. The Labute approximate surface area is 47.8 Å². The summed E-state index contributed by atoms with van der Waals surface area (Å²) in [4.78, 5) is 0. The van der Waals surface area contributed by atoms with Gasteiger partial charge in [-0.25, -0.2) is 5.01 Å². The highest BCUT2D eigenvalue weighted by Crippen LogP contribution is 2.09. The molecule has 0 saturated carbocycles. The van der Waals surface area contributed by atoms with Gasteiger partial charge in [-0.15, -0.1) is 0 Å². The van der Waals surface area contributed by atoms with Crippen LogP contribution in [-0.4, -0.2) is 36.1 Å². The van der Waals surface area contributed by atoms with Crippen molar-refractivity contribution in [3.63, 3.8) is 0 Å². The summed E-state index contributed by atoms with van der Waals surface area (Å²) in [6, 6.07) is 0. The number of hydrogen-bond donors (Lipinski definition) is 2. The number of nitrogens with two attached hydrogens (primary N) is 1. The van der Waals surface area contributed by atoms with E-state index in [9.17, 15) is 0 Å². The predicted molar refractivity (Wildman–Crippen MR) is 27.7 cm³/mol. The van der Waals surface area contributed by atoms with E-state index in [0.717, 1.165) is 0 Å². The number of ether oxygens (including phenoxy) is 1. The molecule has 0 aromatic rings. The fourth-order valence-corrected chi connectivity index (χ4v) is 0.494. The number of aliphatic hydroxyl groups is 1. The molecule has 4 nitrogen and oxygen atoms in total. The van der Waals surface area contributed by atoms with Crippen LogP contribution in [0.2, 0.25) is 0 Å². The van der Waals surface area contributed by atoms with Crippen molar-refractivity contribution in [3.05, 3.63) is 0 Å². The molecule has 1 heterocycles. The first-order valence-corrected chi connectivity index (χ1v) is 2.58. The lowest BCUT2D eigenvalue weighted by Crippen LogP contribution is -2.36. The monoisotopic (exact) mass is 118 g/mol. The number of hydrazine groups is 1. The van der Waals surface area contributed by atoms with Crippen LogP contribution in [0.1, 0.15) is 0 Å². The van der Waals surface area contributed by atoms with E-state index in [-0.39, 0.29) is 12.8 Å². The molecule has 3 N–H and O–H groups in total. The molecule has 1 rings (SSSR count). The molecule has 1 aliphatic heterocycles. The summed E-state index contributed by atoms with van der Waals surface area (Å²) in [5.41, 5.74) is 0. The van der Waals surface area contributed by atoms with Crippen LogP contribution < -0.4 is 5.84 Å². The summed E-state index contributed by atoms with van der Waals surface area (Å²) in [5.74, 6) is 5.34. The molecule has 48 valence electrons. The van der Waals surface area contributed by atoms with Gasteiger partial charge < -0.3 is 9.84 Å². The van der Waals surface area contributed by atoms with Gasteiger partial charge in [-0.05, 0) is 0 Å². The molecule has 0 aliphatic carbocycles. The van der Waals surface area contributed by atoms with Crippen LogP contribution in [0.4, 0.5) is 0 Å². The van der Waals surface area contributed by atoms with Crippen molar-refractivity contribution >= 4 is 0 Å². The molecule has 0 radical (unpaired) electrons. The van der Waals surface area contributed by atoms with Gasteiger partial charge in [0.05, 0.1) is 13.2 Å². The zero-order valence-corrected chi connectivity index (χ0v) is 4.58. The van der Waals surface area contributed by atoms with Gasteiger partial charge in [0.2, 0.25) is 0 Å². The van der Waals surface area contributed by atoms with E-state index in [0.29, 0.717) is 13.2 Å². The summed E-state index contributed by atoms with van der Waals surface area (Å²) in [5, 5.41) is 9.82. The van der Waals surface area contributed by atoms with Gasteiger partial charge >= 0.3 is 0 Å². The van der Waals surface area contributed by atoms with Gasteiger partial charge in [-0.1, -0.05) is 0 Å². The lowest BCUT2D eigenvalue weighted by Gasteiger charge is -2.09. The summed E-state index contributed by atoms with van der Waals surface area (Å²) in [7, 11) is 0.